The standard InChI is InChI=1S/C16H28N2O/c1-5-17-16(13-18(4)10-11-19-6-2)15-9-7-8-14(3)12-15/h7-9,12,16-17H,5-6,10-11,13H2,1-4H3. The summed E-state index contributed by atoms with van der Waals surface area (Å²) in [5.74, 6) is 0. The molecule has 3 heteroatoms. The molecule has 19 heavy (non-hydrogen) atoms. The van der Waals surface area contributed by atoms with E-state index < -0.39 is 0 Å². The molecule has 0 aliphatic heterocycles. The number of hydrogen-bond acceptors (Lipinski definition) is 3. The van der Waals surface area contributed by atoms with Gasteiger partial charge in [-0.05, 0) is 33.0 Å². The first-order valence-electron chi connectivity index (χ1n) is 7.23. The van der Waals surface area contributed by atoms with E-state index in [2.05, 4.69) is 55.4 Å². The van der Waals surface area contributed by atoms with E-state index in [1.807, 2.05) is 6.92 Å². The van der Waals surface area contributed by atoms with Crippen molar-refractivity contribution in [1.29, 1.82) is 0 Å². The first-order valence-corrected chi connectivity index (χ1v) is 7.23. The van der Waals surface area contributed by atoms with Crippen LogP contribution in [-0.2, 0) is 4.74 Å². The van der Waals surface area contributed by atoms with E-state index in [1.165, 1.54) is 11.1 Å². The molecule has 0 radical (unpaired) electrons. The summed E-state index contributed by atoms with van der Waals surface area (Å²) in [4.78, 5) is 2.32. The van der Waals surface area contributed by atoms with E-state index in [1.54, 1.807) is 0 Å². The number of hydrogen-bond donors (Lipinski definition) is 1. The molecule has 1 unspecified atom stereocenters. The maximum absolute atomic E-state index is 5.41. The molecule has 1 N–H and O–H groups in total. The lowest BCUT2D eigenvalue weighted by Gasteiger charge is -2.25. The predicted molar refractivity (Wildman–Crippen MR) is 81.6 cm³/mol. The van der Waals surface area contributed by atoms with Crippen LogP contribution in [0.15, 0.2) is 24.3 Å². The van der Waals surface area contributed by atoms with Gasteiger partial charge in [-0.1, -0.05) is 36.8 Å². The van der Waals surface area contributed by atoms with E-state index in [9.17, 15) is 0 Å². The number of rotatable bonds is 9. The summed E-state index contributed by atoms with van der Waals surface area (Å²) in [5, 5.41) is 3.56. The number of likely N-dealkylation sites (N-methyl/N-ethyl adjacent to an activating group) is 2. The van der Waals surface area contributed by atoms with E-state index in [4.69, 9.17) is 4.74 Å². The van der Waals surface area contributed by atoms with E-state index in [-0.39, 0.29) is 0 Å². The Morgan fingerprint density at radius 1 is 1.32 bits per heavy atom. The van der Waals surface area contributed by atoms with Crippen LogP contribution in [0.1, 0.15) is 31.0 Å². The third kappa shape index (κ3) is 6.19. The molecule has 1 atom stereocenters. The van der Waals surface area contributed by atoms with E-state index in [0.29, 0.717) is 6.04 Å². The van der Waals surface area contributed by atoms with Crippen LogP contribution in [0.2, 0.25) is 0 Å². The molecule has 0 amide bonds. The van der Waals surface area contributed by atoms with Gasteiger partial charge in [-0.15, -0.1) is 0 Å². The molecule has 0 aliphatic rings. The smallest absolute Gasteiger partial charge is 0.0593 e. The van der Waals surface area contributed by atoms with Gasteiger partial charge in [0.2, 0.25) is 0 Å². The number of benzene rings is 1. The first-order chi connectivity index (χ1) is 9.17. The van der Waals surface area contributed by atoms with Gasteiger partial charge in [-0.25, -0.2) is 0 Å². The summed E-state index contributed by atoms with van der Waals surface area (Å²) in [6, 6.07) is 9.14. The second kappa shape index (κ2) is 9.08. The zero-order valence-electron chi connectivity index (χ0n) is 12.8. The summed E-state index contributed by atoms with van der Waals surface area (Å²) < 4.78 is 5.41. The van der Waals surface area contributed by atoms with E-state index in [0.717, 1.165) is 32.8 Å². The molecular weight excluding hydrogens is 236 g/mol. The topological polar surface area (TPSA) is 24.5 Å². The Kier molecular flexibility index (Phi) is 7.72. The van der Waals surface area contributed by atoms with Crippen LogP contribution in [-0.4, -0.2) is 44.8 Å². The fraction of sp³-hybridized carbons (Fsp3) is 0.625. The van der Waals surface area contributed by atoms with Crippen LogP contribution in [0, 0.1) is 6.92 Å². The first kappa shape index (κ1) is 16.2. The number of aryl methyl sites for hydroxylation is 1. The molecule has 0 saturated carbocycles. The SMILES string of the molecule is CCNC(CN(C)CCOCC)c1cccc(C)c1. The highest BCUT2D eigenvalue weighted by Crippen LogP contribution is 2.15. The molecule has 3 nitrogen and oxygen atoms in total. The number of nitrogens with zero attached hydrogens (tertiary/aromatic N) is 1. The van der Waals surface area contributed by atoms with Crippen LogP contribution in [0.4, 0.5) is 0 Å². The Bertz CT molecular complexity index is 354. The molecule has 1 rings (SSSR count). The van der Waals surface area contributed by atoms with Crippen molar-refractivity contribution in [3.05, 3.63) is 35.4 Å². The van der Waals surface area contributed by atoms with Crippen LogP contribution in [0.5, 0.6) is 0 Å². The fourth-order valence-electron chi connectivity index (χ4n) is 2.19. The van der Waals surface area contributed by atoms with Gasteiger partial charge < -0.3 is 15.0 Å². The zero-order chi connectivity index (χ0) is 14.1. The molecule has 0 heterocycles. The summed E-state index contributed by atoms with van der Waals surface area (Å²) in [7, 11) is 2.15. The van der Waals surface area contributed by atoms with Crippen molar-refractivity contribution in [3.63, 3.8) is 0 Å². The van der Waals surface area contributed by atoms with Crippen LogP contribution >= 0.6 is 0 Å². The molecule has 0 aromatic heterocycles. The molecule has 0 aliphatic carbocycles. The molecule has 0 fully saturated rings. The quantitative estimate of drug-likeness (QED) is 0.694. The Morgan fingerprint density at radius 2 is 2.11 bits per heavy atom. The van der Waals surface area contributed by atoms with Gasteiger partial charge in [0.05, 0.1) is 6.61 Å². The van der Waals surface area contributed by atoms with Gasteiger partial charge in [-0.2, -0.15) is 0 Å². The molecule has 0 spiro atoms. The largest absolute Gasteiger partial charge is 0.380 e. The summed E-state index contributed by atoms with van der Waals surface area (Å²) in [5.41, 5.74) is 2.68. The van der Waals surface area contributed by atoms with Gasteiger partial charge in [0, 0.05) is 25.7 Å². The average molecular weight is 264 g/mol. The molecule has 0 saturated heterocycles. The minimum absolute atomic E-state index is 0.386. The number of ether oxygens (including phenoxy) is 1. The highest BCUT2D eigenvalue weighted by atomic mass is 16.5. The average Bonchev–Trinajstić information content (AvgIpc) is 2.38. The lowest BCUT2D eigenvalue weighted by atomic mass is 10.0. The molecule has 0 bridgehead atoms. The molecule has 1 aromatic carbocycles. The van der Waals surface area contributed by atoms with Crippen LogP contribution in [0.3, 0.4) is 0 Å². The Hall–Kier alpha value is -0.900. The third-order valence-electron chi connectivity index (χ3n) is 3.21. The third-order valence-corrected chi connectivity index (χ3v) is 3.21. The van der Waals surface area contributed by atoms with Crippen LogP contribution in [0.25, 0.3) is 0 Å². The minimum Gasteiger partial charge on any atom is -0.380 e. The van der Waals surface area contributed by atoms with Crippen molar-refractivity contribution in [3.8, 4) is 0 Å². The predicted octanol–water partition coefficient (Wildman–Crippen LogP) is 2.61. The lowest BCUT2D eigenvalue weighted by molar-refractivity contribution is 0.119. The van der Waals surface area contributed by atoms with Crippen molar-refractivity contribution < 1.29 is 4.74 Å². The van der Waals surface area contributed by atoms with Crippen molar-refractivity contribution in [2.24, 2.45) is 0 Å². The van der Waals surface area contributed by atoms with Crippen molar-refractivity contribution in [1.82, 2.24) is 10.2 Å². The molecule has 108 valence electrons. The summed E-state index contributed by atoms with van der Waals surface area (Å²) in [6.45, 7) is 10.9. The Balaban J connectivity index is 2.57. The monoisotopic (exact) mass is 264 g/mol. The summed E-state index contributed by atoms with van der Waals surface area (Å²) in [6.07, 6.45) is 0. The highest BCUT2D eigenvalue weighted by molar-refractivity contribution is 5.25. The minimum atomic E-state index is 0.386. The van der Waals surface area contributed by atoms with Gasteiger partial charge in [0.25, 0.3) is 0 Å². The van der Waals surface area contributed by atoms with Gasteiger partial charge >= 0.3 is 0 Å². The Morgan fingerprint density at radius 3 is 2.74 bits per heavy atom. The zero-order valence-corrected chi connectivity index (χ0v) is 12.8. The normalized spacial score (nSPS) is 12.9. The number of nitrogens with one attached hydrogen (secondary N) is 1. The van der Waals surface area contributed by atoms with Gasteiger partial charge in [-0.3, -0.25) is 0 Å². The maximum atomic E-state index is 5.41. The van der Waals surface area contributed by atoms with Gasteiger partial charge in [0.15, 0.2) is 0 Å². The second-order valence-electron chi connectivity index (χ2n) is 4.98. The van der Waals surface area contributed by atoms with Crippen molar-refractivity contribution >= 4 is 0 Å². The van der Waals surface area contributed by atoms with Crippen molar-refractivity contribution in [2.45, 2.75) is 26.8 Å². The van der Waals surface area contributed by atoms with E-state index >= 15 is 0 Å². The molecular formula is C16H28N2O. The lowest BCUT2D eigenvalue weighted by Crippen LogP contribution is -2.34. The second-order valence-corrected chi connectivity index (χ2v) is 4.98. The molecule has 1 aromatic rings. The van der Waals surface area contributed by atoms with Crippen molar-refractivity contribution in [2.75, 3.05) is 39.9 Å². The van der Waals surface area contributed by atoms with Crippen LogP contribution < -0.4 is 5.32 Å². The highest BCUT2D eigenvalue weighted by Gasteiger charge is 2.12. The maximum Gasteiger partial charge on any atom is 0.0593 e. The Labute approximate surface area is 118 Å². The fourth-order valence-corrected chi connectivity index (χ4v) is 2.19. The van der Waals surface area contributed by atoms with Gasteiger partial charge in [0.1, 0.15) is 0 Å². The summed E-state index contributed by atoms with van der Waals surface area (Å²) >= 11 is 0.